The van der Waals surface area contributed by atoms with Crippen LogP contribution in [0, 0.1) is 0 Å². The third-order valence-electron chi connectivity index (χ3n) is 5.36. The van der Waals surface area contributed by atoms with Crippen LogP contribution in [-0.4, -0.2) is 37.6 Å². The van der Waals surface area contributed by atoms with Gasteiger partial charge in [-0.15, -0.1) is 11.3 Å². The summed E-state index contributed by atoms with van der Waals surface area (Å²) in [6.07, 6.45) is 0. The maximum absolute atomic E-state index is 13.4. The maximum atomic E-state index is 13.4. The van der Waals surface area contributed by atoms with Crippen LogP contribution in [0.25, 0.3) is 0 Å². The number of rotatable bonds is 7. The quantitative estimate of drug-likeness (QED) is 0.551. The average molecular weight is 423 g/mol. The average Bonchev–Trinajstić information content (AvgIpc) is 3.30. The number of fused-ring (bicyclic) bond motifs is 1. The first-order valence-corrected chi connectivity index (χ1v) is 11.0. The highest BCUT2D eigenvalue weighted by atomic mass is 32.1. The number of hydrogen-bond acceptors (Lipinski definition) is 5. The van der Waals surface area contributed by atoms with Gasteiger partial charge >= 0.3 is 0 Å². The molecule has 2 heterocycles. The van der Waals surface area contributed by atoms with Gasteiger partial charge in [-0.2, -0.15) is 0 Å². The number of thiophene rings is 1. The third kappa shape index (κ3) is 4.66. The van der Waals surface area contributed by atoms with Crippen molar-refractivity contribution in [2.45, 2.75) is 19.5 Å². The number of anilines is 1. The Morgan fingerprint density at radius 1 is 1.03 bits per heavy atom. The van der Waals surface area contributed by atoms with E-state index in [0.717, 1.165) is 16.3 Å². The Morgan fingerprint density at radius 2 is 1.80 bits per heavy atom. The number of likely N-dealkylation sites (N-methyl/N-ethyl adjacent to an activating group) is 1. The summed E-state index contributed by atoms with van der Waals surface area (Å²) in [5.74, 6) is 1.46. The van der Waals surface area contributed by atoms with Crippen molar-refractivity contribution in [2.24, 2.45) is 0 Å². The molecule has 0 fully saturated rings. The molecule has 0 bridgehead atoms. The van der Waals surface area contributed by atoms with Crippen LogP contribution in [0.3, 0.4) is 0 Å². The molecule has 4 rings (SSSR count). The molecule has 0 N–H and O–H groups in total. The summed E-state index contributed by atoms with van der Waals surface area (Å²) in [5.41, 5.74) is 2.01. The summed E-state index contributed by atoms with van der Waals surface area (Å²) in [7, 11) is 1.99. The second-order valence-electron chi connectivity index (χ2n) is 7.39. The van der Waals surface area contributed by atoms with Gasteiger partial charge in [0.15, 0.2) is 11.5 Å². The summed E-state index contributed by atoms with van der Waals surface area (Å²) in [6, 6.07) is 20.2. The highest BCUT2D eigenvalue weighted by Crippen LogP contribution is 2.35. The molecule has 0 aliphatic carbocycles. The van der Waals surface area contributed by atoms with Gasteiger partial charge < -0.3 is 14.4 Å². The van der Waals surface area contributed by atoms with Crippen molar-refractivity contribution in [3.63, 3.8) is 0 Å². The third-order valence-corrected chi connectivity index (χ3v) is 6.22. The molecular weight excluding hydrogens is 396 g/mol. The molecule has 156 valence electrons. The van der Waals surface area contributed by atoms with Gasteiger partial charge in [-0.1, -0.05) is 36.4 Å². The highest BCUT2D eigenvalue weighted by molar-refractivity contribution is 7.09. The molecule has 0 radical (unpaired) electrons. The van der Waals surface area contributed by atoms with Gasteiger partial charge in [0.2, 0.25) is 5.91 Å². The van der Waals surface area contributed by atoms with Crippen molar-refractivity contribution in [3.8, 4) is 11.5 Å². The van der Waals surface area contributed by atoms with Crippen molar-refractivity contribution in [3.05, 3.63) is 76.5 Å². The van der Waals surface area contributed by atoms with Crippen LogP contribution >= 0.6 is 11.3 Å². The van der Waals surface area contributed by atoms with E-state index in [1.54, 1.807) is 11.3 Å². The second-order valence-corrected chi connectivity index (χ2v) is 8.42. The van der Waals surface area contributed by atoms with E-state index in [9.17, 15) is 4.79 Å². The summed E-state index contributed by atoms with van der Waals surface area (Å²) in [6.45, 7) is 4.04. The molecule has 1 aliphatic rings. The molecule has 1 aliphatic heterocycles. The SMILES string of the molecule is CC(c1ccccc1)N(C)CC(=O)N(Cc1cccs1)c1ccc2c(c1)OCCO2. The topological polar surface area (TPSA) is 42.0 Å². The van der Waals surface area contributed by atoms with Crippen LogP contribution < -0.4 is 14.4 Å². The second kappa shape index (κ2) is 9.32. The zero-order valence-electron chi connectivity index (χ0n) is 17.3. The van der Waals surface area contributed by atoms with Crippen molar-refractivity contribution in [2.75, 3.05) is 31.7 Å². The van der Waals surface area contributed by atoms with Crippen LogP contribution in [0.1, 0.15) is 23.4 Å². The minimum absolute atomic E-state index is 0.0466. The number of benzene rings is 2. The molecule has 0 spiro atoms. The molecule has 6 heteroatoms. The van der Waals surface area contributed by atoms with Gasteiger partial charge in [-0.25, -0.2) is 0 Å². The van der Waals surface area contributed by atoms with Crippen molar-refractivity contribution < 1.29 is 14.3 Å². The van der Waals surface area contributed by atoms with Crippen LogP contribution in [0.15, 0.2) is 66.0 Å². The van der Waals surface area contributed by atoms with Crippen molar-refractivity contribution in [1.82, 2.24) is 4.90 Å². The monoisotopic (exact) mass is 422 g/mol. The lowest BCUT2D eigenvalue weighted by molar-refractivity contribution is -0.120. The Hall–Kier alpha value is -2.83. The van der Waals surface area contributed by atoms with Crippen molar-refractivity contribution in [1.29, 1.82) is 0 Å². The molecule has 1 amide bonds. The minimum Gasteiger partial charge on any atom is -0.486 e. The Bertz CT molecular complexity index is 975. The molecule has 1 unspecified atom stereocenters. The summed E-state index contributed by atoms with van der Waals surface area (Å²) < 4.78 is 11.4. The first-order valence-electron chi connectivity index (χ1n) is 10.1. The van der Waals surface area contributed by atoms with Gasteiger partial charge in [0, 0.05) is 22.7 Å². The molecular formula is C24H26N2O3S. The Morgan fingerprint density at radius 3 is 2.53 bits per heavy atom. The van der Waals surface area contributed by atoms with E-state index in [2.05, 4.69) is 30.0 Å². The smallest absolute Gasteiger partial charge is 0.241 e. The van der Waals surface area contributed by atoms with Gasteiger partial charge in [0.1, 0.15) is 13.2 Å². The van der Waals surface area contributed by atoms with E-state index in [0.29, 0.717) is 32.1 Å². The molecule has 0 saturated heterocycles. The van der Waals surface area contributed by atoms with Crippen molar-refractivity contribution >= 4 is 22.9 Å². The zero-order valence-corrected chi connectivity index (χ0v) is 18.1. The molecule has 30 heavy (non-hydrogen) atoms. The summed E-state index contributed by atoms with van der Waals surface area (Å²) >= 11 is 1.65. The standard InChI is InChI=1S/C24H26N2O3S/c1-18(19-7-4-3-5-8-19)25(2)17-24(27)26(16-21-9-6-14-30-21)20-10-11-22-23(15-20)29-13-12-28-22/h3-11,14-15,18H,12-13,16-17H2,1-2H3. The molecule has 0 saturated carbocycles. The molecule has 5 nitrogen and oxygen atoms in total. The van der Waals surface area contributed by atoms with E-state index in [-0.39, 0.29) is 11.9 Å². The lowest BCUT2D eigenvalue weighted by Gasteiger charge is -2.29. The highest BCUT2D eigenvalue weighted by Gasteiger charge is 2.23. The minimum atomic E-state index is 0.0466. The van der Waals surface area contributed by atoms with E-state index in [1.165, 1.54) is 5.56 Å². The number of hydrogen-bond donors (Lipinski definition) is 0. The van der Waals surface area contributed by atoms with Crippen LogP contribution in [-0.2, 0) is 11.3 Å². The van der Waals surface area contributed by atoms with E-state index in [1.807, 2.05) is 59.8 Å². The fourth-order valence-corrected chi connectivity index (χ4v) is 4.20. The zero-order chi connectivity index (χ0) is 20.9. The van der Waals surface area contributed by atoms with Gasteiger partial charge in [0.25, 0.3) is 0 Å². The number of carbonyl (C=O) groups excluding carboxylic acids is 1. The fourth-order valence-electron chi connectivity index (χ4n) is 3.50. The largest absolute Gasteiger partial charge is 0.486 e. The first kappa shape index (κ1) is 20.4. The normalized spacial score (nSPS) is 13.8. The predicted octanol–water partition coefficient (Wildman–Crippen LogP) is 4.75. The Balaban J connectivity index is 1.55. The molecule has 1 atom stereocenters. The van der Waals surface area contributed by atoms with E-state index >= 15 is 0 Å². The van der Waals surface area contributed by atoms with Crippen LogP contribution in [0.5, 0.6) is 11.5 Å². The Kier molecular flexibility index (Phi) is 6.35. The summed E-state index contributed by atoms with van der Waals surface area (Å²) in [5, 5.41) is 2.03. The molecule has 2 aromatic carbocycles. The predicted molar refractivity (Wildman–Crippen MR) is 120 cm³/mol. The number of amides is 1. The number of carbonyl (C=O) groups is 1. The van der Waals surface area contributed by atoms with Gasteiger partial charge in [0.05, 0.1) is 13.1 Å². The molecule has 1 aromatic heterocycles. The van der Waals surface area contributed by atoms with E-state index in [4.69, 9.17) is 9.47 Å². The maximum Gasteiger partial charge on any atom is 0.241 e. The molecule has 3 aromatic rings. The van der Waals surface area contributed by atoms with Gasteiger partial charge in [-0.3, -0.25) is 9.69 Å². The first-order chi connectivity index (χ1) is 14.6. The Labute approximate surface area is 181 Å². The van der Waals surface area contributed by atoms with Gasteiger partial charge in [-0.05, 0) is 43.1 Å². The number of ether oxygens (including phenoxy) is 2. The fraction of sp³-hybridized carbons (Fsp3) is 0.292. The summed E-state index contributed by atoms with van der Waals surface area (Å²) in [4.78, 5) is 18.4. The van der Waals surface area contributed by atoms with Crippen LogP contribution in [0.4, 0.5) is 5.69 Å². The van der Waals surface area contributed by atoms with E-state index < -0.39 is 0 Å². The lowest BCUT2D eigenvalue weighted by atomic mass is 10.1. The lowest BCUT2D eigenvalue weighted by Crippen LogP contribution is -2.39. The number of nitrogens with zero attached hydrogens (tertiary/aromatic N) is 2. The van der Waals surface area contributed by atoms with Crippen LogP contribution in [0.2, 0.25) is 0 Å².